The quantitative estimate of drug-likeness (QED) is 0.434. The molecule has 1 saturated carbocycles. The zero-order valence-electron chi connectivity index (χ0n) is 20.9. The fourth-order valence-electron chi connectivity index (χ4n) is 5.70. The van der Waals surface area contributed by atoms with E-state index in [1.54, 1.807) is 0 Å². The van der Waals surface area contributed by atoms with Crippen LogP contribution in [0.25, 0.3) is 0 Å². The van der Waals surface area contributed by atoms with Crippen LogP contribution in [0.3, 0.4) is 0 Å². The van der Waals surface area contributed by atoms with Crippen LogP contribution in [0.4, 0.5) is 0 Å². The van der Waals surface area contributed by atoms with E-state index in [-0.39, 0.29) is 41.2 Å². The van der Waals surface area contributed by atoms with Crippen molar-refractivity contribution >= 4 is 17.5 Å². The molecule has 2 heterocycles. The molecular formula is C28H35ClN2O6. The summed E-state index contributed by atoms with van der Waals surface area (Å²) in [5.74, 6) is 0.722. The summed E-state index contributed by atoms with van der Waals surface area (Å²) in [7, 11) is 0. The number of benzene rings is 2. The summed E-state index contributed by atoms with van der Waals surface area (Å²) in [5, 5.41) is 34.4. The molecular weight excluding hydrogens is 496 g/mol. The lowest BCUT2D eigenvalue weighted by atomic mass is 9.87. The minimum absolute atomic E-state index is 0.0160. The van der Waals surface area contributed by atoms with E-state index in [4.69, 9.17) is 21.1 Å². The van der Waals surface area contributed by atoms with E-state index in [2.05, 4.69) is 10.2 Å². The van der Waals surface area contributed by atoms with Gasteiger partial charge in [-0.1, -0.05) is 24.4 Å². The van der Waals surface area contributed by atoms with Gasteiger partial charge in [0.2, 0.25) is 0 Å². The number of ether oxygens (including phenoxy) is 2. The lowest BCUT2D eigenvalue weighted by molar-refractivity contribution is -0.00201. The molecule has 3 atom stereocenters. The molecule has 1 amide bonds. The number of fused-ring (bicyclic) bond motifs is 1. The third-order valence-electron chi connectivity index (χ3n) is 7.78. The number of phenolic OH excluding ortho intramolecular Hbond substituents is 1. The molecule has 1 spiro atoms. The van der Waals surface area contributed by atoms with Gasteiger partial charge in [0, 0.05) is 50.0 Å². The third-order valence-corrected chi connectivity index (χ3v) is 8.02. The molecule has 2 aromatic carbocycles. The van der Waals surface area contributed by atoms with E-state index in [9.17, 15) is 20.1 Å². The van der Waals surface area contributed by atoms with Crippen molar-refractivity contribution in [1.82, 2.24) is 10.2 Å². The highest BCUT2D eigenvalue weighted by molar-refractivity contribution is 6.30. The van der Waals surface area contributed by atoms with E-state index in [0.717, 1.165) is 68.0 Å². The number of halogens is 1. The molecule has 0 radical (unpaired) electrons. The number of carbonyl (C=O) groups is 1. The van der Waals surface area contributed by atoms with Gasteiger partial charge in [-0.05, 0) is 48.7 Å². The summed E-state index contributed by atoms with van der Waals surface area (Å²) < 4.78 is 12.1. The van der Waals surface area contributed by atoms with Crippen LogP contribution >= 0.6 is 11.6 Å². The van der Waals surface area contributed by atoms with E-state index in [1.807, 2.05) is 18.2 Å². The summed E-state index contributed by atoms with van der Waals surface area (Å²) in [5.41, 5.74) is 1.21. The predicted molar refractivity (Wildman–Crippen MR) is 140 cm³/mol. The largest absolute Gasteiger partial charge is 0.508 e. The average molecular weight is 531 g/mol. The van der Waals surface area contributed by atoms with E-state index < -0.39 is 12.2 Å². The Morgan fingerprint density at radius 3 is 2.76 bits per heavy atom. The van der Waals surface area contributed by atoms with Crippen LogP contribution in [0.15, 0.2) is 36.4 Å². The molecule has 37 heavy (non-hydrogen) atoms. The van der Waals surface area contributed by atoms with Crippen molar-refractivity contribution in [2.45, 2.75) is 68.8 Å². The van der Waals surface area contributed by atoms with Crippen molar-refractivity contribution in [3.63, 3.8) is 0 Å². The van der Waals surface area contributed by atoms with Gasteiger partial charge in [-0.3, -0.25) is 4.79 Å². The van der Waals surface area contributed by atoms with Gasteiger partial charge < -0.3 is 35.0 Å². The number of aliphatic hydroxyl groups is 2. The number of aliphatic hydroxyl groups excluding tert-OH is 2. The van der Waals surface area contributed by atoms with Gasteiger partial charge in [0.1, 0.15) is 35.6 Å². The van der Waals surface area contributed by atoms with Gasteiger partial charge in [0.05, 0.1) is 17.7 Å². The zero-order chi connectivity index (χ0) is 26.0. The van der Waals surface area contributed by atoms with Crippen molar-refractivity contribution in [3.05, 3.63) is 52.5 Å². The topological polar surface area (TPSA) is 111 Å². The van der Waals surface area contributed by atoms with Gasteiger partial charge in [-0.15, -0.1) is 0 Å². The molecule has 1 saturated heterocycles. The van der Waals surface area contributed by atoms with Crippen molar-refractivity contribution < 1.29 is 29.6 Å². The number of nitrogens with zero attached hydrogens (tertiary/aromatic N) is 1. The van der Waals surface area contributed by atoms with Crippen LogP contribution in [0, 0.1) is 0 Å². The second-order valence-corrected chi connectivity index (χ2v) is 11.0. The Labute approximate surface area is 222 Å². The molecule has 200 valence electrons. The second-order valence-electron chi connectivity index (χ2n) is 10.6. The monoisotopic (exact) mass is 530 g/mol. The molecule has 9 heteroatoms. The van der Waals surface area contributed by atoms with Crippen molar-refractivity contribution in [2.24, 2.45) is 0 Å². The van der Waals surface area contributed by atoms with Crippen LogP contribution < -0.4 is 14.8 Å². The summed E-state index contributed by atoms with van der Waals surface area (Å²) >= 11 is 6.14. The summed E-state index contributed by atoms with van der Waals surface area (Å²) in [4.78, 5) is 15.1. The minimum Gasteiger partial charge on any atom is -0.508 e. The highest BCUT2D eigenvalue weighted by Crippen LogP contribution is 2.42. The summed E-state index contributed by atoms with van der Waals surface area (Å²) in [6.07, 6.45) is 4.53. The average Bonchev–Trinajstić information content (AvgIpc) is 3.22. The lowest BCUT2D eigenvalue weighted by Gasteiger charge is -2.39. The second kappa shape index (κ2) is 11.1. The first-order valence-corrected chi connectivity index (χ1v) is 13.5. The molecule has 4 N–H and O–H groups in total. The number of rotatable bonds is 7. The van der Waals surface area contributed by atoms with Gasteiger partial charge in [-0.2, -0.15) is 0 Å². The number of piperidine rings is 1. The Morgan fingerprint density at radius 2 is 1.97 bits per heavy atom. The molecule has 2 unspecified atom stereocenters. The van der Waals surface area contributed by atoms with E-state index in [1.165, 1.54) is 18.2 Å². The number of hydrogen-bond acceptors (Lipinski definition) is 7. The smallest absolute Gasteiger partial charge is 0.255 e. The van der Waals surface area contributed by atoms with Crippen LogP contribution in [0.5, 0.6) is 17.2 Å². The van der Waals surface area contributed by atoms with Crippen molar-refractivity contribution in [3.8, 4) is 17.2 Å². The fraction of sp³-hybridized carbons (Fsp3) is 0.536. The molecule has 2 aliphatic heterocycles. The Hall–Kier alpha value is -2.52. The van der Waals surface area contributed by atoms with Crippen LogP contribution in [0.2, 0.25) is 5.02 Å². The zero-order valence-corrected chi connectivity index (χ0v) is 21.6. The Balaban J connectivity index is 1.12. The highest BCUT2D eigenvalue weighted by Gasteiger charge is 2.42. The molecule has 1 aliphatic carbocycles. The first kappa shape index (κ1) is 26.1. The number of likely N-dealkylation sites (tertiary alicyclic amines) is 1. The SMILES string of the molecule is O=C(NC1CCCCC1O)c1ccc(O)cc1OC[C@@H](O)CN1CCC2(CC1)Cc1cc(Cl)ccc1O2. The van der Waals surface area contributed by atoms with Gasteiger partial charge >= 0.3 is 0 Å². The Morgan fingerprint density at radius 1 is 1.19 bits per heavy atom. The van der Waals surface area contributed by atoms with Crippen LogP contribution in [-0.4, -0.2) is 76.2 Å². The molecule has 5 rings (SSSR count). The number of β-amino-alcohol motifs (C(OH)–C–C–N with tert-alkyl or cyclic N) is 1. The lowest BCUT2D eigenvalue weighted by Crippen LogP contribution is -2.49. The van der Waals surface area contributed by atoms with E-state index in [0.29, 0.717) is 13.0 Å². The number of carbonyl (C=O) groups excluding carboxylic acids is 1. The first-order valence-electron chi connectivity index (χ1n) is 13.1. The van der Waals surface area contributed by atoms with Gasteiger partial charge in [-0.25, -0.2) is 0 Å². The maximum Gasteiger partial charge on any atom is 0.255 e. The number of phenols is 1. The molecule has 0 bridgehead atoms. The number of hydrogen-bond donors (Lipinski definition) is 4. The number of amides is 1. The molecule has 0 aromatic heterocycles. The van der Waals surface area contributed by atoms with Crippen molar-refractivity contribution in [2.75, 3.05) is 26.2 Å². The molecule has 8 nitrogen and oxygen atoms in total. The number of nitrogens with one attached hydrogen (secondary N) is 1. The summed E-state index contributed by atoms with van der Waals surface area (Å²) in [6.45, 7) is 2.01. The highest BCUT2D eigenvalue weighted by atomic mass is 35.5. The Bertz CT molecular complexity index is 1120. The third kappa shape index (κ3) is 6.14. The standard InChI is InChI=1S/C28H35ClN2O6/c29-19-5-8-25-18(13-19)15-28(37-25)9-11-31(12-10-28)16-21(33)17-36-26-14-20(32)6-7-22(26)27(35)30-23-3-1-2-4-24(23)34/h5-8,13-14,21,23-24,32-34H,1-4,9-12,15-17H2,(H,30,35)/t21-,23?,24?/m0/s1. The normalized spacial score (nSPS) is 23.8. The molecule has 2 fully saturated rings. The first-order chi connectivity index (χ1) is 17.8. The van der Waals surface area contributed by atoms with Gasteiger partial charge in [0.15, 0.2) is 0 Å². The molecule has 2 aromatic rings. The predicted octanol–water partition coefficient (Wildman–Crippen LogP) is 3.29. The van der Waals surface area contributed by atoms with Crippen molar-refractivity contribution in [1.29, 1.82) is 0 Å². The minimum atomic E-state index is -0.770. The van der Waals surface area contributed by atoms with Crippen LogP contribution in [-0.2, 0) is 6.42 Å². The van der Waals surface area contributed by atoms with E-state index >= 15 is 0 Å². The summed E-state index contributed by atoms with van der Waals surface area (Å²) in [6, 6.07) is 9.77. The number of aromatic hydroxyl groups is 1. The van der Waals surface area contributed by atoms with Crippen LogP contribution in [0.1, 0.15) is 54.4 Å². The fourth-order valence-corrected chi connectivity index (χ4v) is 5.90. The maximum atomic E-state index is 12.9. The van der Waals surface area contributed by atoms with Gasteiger partial charge in [0.25, 0.3) is 5.91 Å². The molecule has 3 aliphatic rings. The maximum absolute atomic E-state index is 12.9. The Kier molecular flexibility index (Phi) is 7.81.